The molecule has 1 N–H and O–H groups in total. The Labute approximate surface area is 254 Å². The van der Waals surface area contributed by atoms with Crippen LogP contribution in [0, 0.1) is 0 Å². The molecule has 0 heterocycles. The second-order valence-corrected chi connectivity index (χ2v) is 12.0. The maximum absolute atomic E-state index is 13.4. The van der Waals surface area contributed by atoms with Gasteiger partial charge in [0, 0.05) is 10.0 Å². The fourth-order valence-electron chi connectivity index (χ4n) is 4.21. The average molecular weight is 619 g/mol. The molecular formula is C32H25Cl2N3O4S. The highest BCUT2D eigenvalue weighted by molar-refractivity contribution is 7.92. The van der Waals surface area contributed by atoms with E-state index in [1.807, 2.05) is 18.2 Å². The van der Waals surface area contributed by atoms with Gasteiger partial charge in [-0.25, -0.2) is 13.8 Å². The van der Waals surface area contributed by atoms with Crippen molar-refractivity contribution in [2.75, 3.05) is 10.8 Å². The molecule has 0 aromatic heterocycles. The van der Waals surface area contributed by atoms with E-state index in [9.17, 15) is 13.2 Å². The lowest BCUT2D eigenvalue weighted by Gasteiger charge is -2.24. The van der Waals surface area contributed by atoms with Crippen LogP contribution in [0.25, 0.3) is 10.8 Å². The summed E-state index contributed by atoms with van der Waals surface area (Å²) < 4.78 is 33.7. The van der Waals surface area contributed by atoms with Crippen LogP contribution in [0.4, 0.5) is 5.69 Å². The number of anilines is 1. The molecule has 0 saturated heterocycles. The quantitative estimate of drug-likeness (QED) is 0.134. The molecule has 0 aliphatic heterocycles. The molecule has 0 fully saturated rings. The van der Waals surface area contributed by atoms with Crippen molar-refractivity contribution < 1.29 is 17.9 Å². The van der Waals surface area contributed by atoms with Gasteiger partial charge in [-0.05, 0) is 82.6 Å². The van der Waals surface area contributed by atoms with Crippen LogP contribution in [0.2, 0.25) is 10.0 Å². The smallest absolute Gasteiger partial charge is 0.264 e. The Bertz CT molecular complexity index is 1830. The van der Waals surface area contributed by atoms with Crippen LogP contribution in [-0.4, -0.2) is 27.1 Å². The lowest BCUT2D eigenvalue weighted by molar-refractivity contribution is -0.119. The van der Waals surface area contributed by atoms with Gasteiger partial charge in [-0.2, -0.15) is 5.10 Å². The number of sulfonamides is 1. The van der Waals surface area contributed by atoms with Crippen molar-refractivity contribution in [3.8, 4) is 5.75 Å². The standard InChI is InChI=1S/C32H25Cl2N3O4S/c33-27-17-28(34)19-29(18-27)37(42(39,40)31-8-2-1-3-9-31)21-32(38)36-35-20-23-11-14-30(15-12-23)41-22-24-10-13-25-6-4-5-7-26(25)16-24/h1-20H,21-22H2,(H,36,38)/b35-20+. The first-order chi connectivity index (χ1) is 20.3. The van der Waals surface area contributed by atoms with Crippen LogP contribution < -0.4 is 14.5 Å². The zero-order valence-electron chi connectivity index (χ0n) is 22.2. The molecule has 5 aromatic rings. The molecule has 0 aliphatic carbocycles. The van der Waals surface area contributed by atoms with Gasteiger partial charge in [0.15, 0.2) is 0 Å². The van der Waals surface area contributed by atoms with E-state index in [1.54, 1.807) is 42.5 Å². The highest BCUT2D eigenvalue weighted by Crippen LogP contribution is 2.29. The Morgan fingerprint density at radius 3 is 2.19 bits per heavy atom. The number of ether oxygens (including phenoxy) is 1. The Morgan fingerprint density at radius 1 is 0.810 bits per heavy atom. The number of halogens is 2. The number of amides is 1. The molecule has 0 radical (unpaired) electrons. The predicted molar refractivity (Wildman–Crippen MR) is 168 cm³/mol. The molecule has 5 rings (SSSR count). The van der Waals surface area contributed by atoms with Gasteiger partial charge in [-0.3, -0.25) is 9.10 Å². The predicted octanol–water partition coefficient (Wildman–Crippen LogP) is 7.07. The maximum Gasteiger partial charge on any atom is 0.264 e. The largest absolute Gasteiger partial charge is 0.489 e. The van der Waals surface area contributed by atoms with Gasteiger partial charge in [0.2, 0.25) is 0 Å². The van der Waals surface area contributed by atoms with Gasteiger partial charge < -0.3 is 4.74 Å². The third kappa shape index (κ3) is 7.28. The number of hydrogen-bond acceptors (Lipinski definition) is 5. The highest BCUT2D eigenvalue weighted by Gasteiger charge is 2.27. The minimum atomic E-state index is -4.11. The number of carbonyl (C=O) groups is 1. The van der Waals surface area contributed by atoms with E-state index in [2.05, 4.69) is 34.8 Å². The van der Waals surface area contributed by atoms with Crippen molar-refractivity contribution >= 4 is 61.8 Å². The van der Waals surface area contributed by atoms with Gasteiger partial charge >= 0.3 is 0 Å². The van der Waals surface area contributed by atoms with Crippen LogP contribution >= 0.6 is 23.2 Å². The number of benzene rings is 5. The number of fused-ring (bicyclic) bond motifs is 1. The topological polar surface area (TPSA) is 88.1 Å². The lowest BCUT2D eigenvalue weighted by atomic mass is 10.1. The normalized spacial score (nSPS) is 11.5. The van der Waals surface area contributed by atoms with Crippen LogP contribution in [0.1, 0.15) is 11.1 Å². The van der Waals surface area contributed by atoms with E-state index in [0.717, 1.165) is 15.3 Å². The molecular weight excluding hydrogens is 593 g/mol. The van der Waals surface area contributed by atoms with Crippen LogP contribution in [0.3, 0.4) is 0 Å². The third-order valence-corrected chi connectivity index (χ3v) is 8.48. The van der Waals surface area contributed by atoms with Crippen molar-refractivity contribution in [1.82, 2.24) is 5.43 Å². The Balaban J connectivity index is 1.22. The van der Waals surface area contributed by atoms with E-state index < -0.39 is 22.5 Å². The van der Waals surface area contributed by atoms with Crippen LogP contribution in [-0.2, 0) is 21.4 Å². The molecule has 0 unspecified atom stereocenters. The molecule has 0 atom stereocenters. The van der Waals surface area contributed by atoms with E-state index in [4.69, 9.17) is 27.9 Å². The van der Waals surface area contributed by atoms with E-state index in [-0.39, 0.29) is 20.6 Å². The molecule has 0 saturated carbocycles. The third-order valence-electron chi connectivity index (χ3n) is 6.26. The van der Waals surface area contributed by atoms with Crippen molar-refractivity contribution in [1.29, 1.82) is 0 Å². The molecule has 1 amide bonds. The first-order valence-corrected chi connectivity index (χ1v) is 15.0. The fraction of sp³-hybridized carbons (Fsp3) is 0.0625. The van der Waals surface area contributed by atoms with Gasteiger partial charge in [0.25, 0.3) is 15.9 Å². The van der Waals surface area contributed by atoms with E-state index >= 15 is 0 Å². The Morgan fingerprint density at radius 2 is 1.48 bits per heavy atom. The van der Waals surface area contributed by atoms with Gasteiger partial charge in [-0.15, -0.1) is 0 Å². The van der Waals surface area contributed by atoms with Gasteiger partial charge in [0.1, 0.15) is 18.9 Å². The number of nitrogens with one attached hydrogen (secondary N) is 1. The van der Waals surface area contributed by atoms with Crippen LogP contribution in [0.5, 0.6) is 5.75 Å². The highest BCUT2D eigenvalue weighted by atomic mass is 35.5. The molecule has 7 nitrogen and oxygen atoms in total. The Hall–Kier alpha value is -4.37. The number of nitrogens with zero attached hydrogens (tertiary/aromatic N) is 2. The molecule has 42 heavy (non-hydrogen) atoms. The minimum Gasteiger partial charge on any atom is -0.489 e. The van der Waals surface area contributed by atoms with Gasteiger partial charge in [0.05, 0.1) is 16.8 Å². The van der Waals surface area contributed by atoms with Crippen molar-refractivity contribution in [3.63, 3.8) is 0 Å². The zero-order valence-corrected chi connectivity index (χ0v) is 24.5. The molecule has 5 aromatic carbocycles. The average Bonchev–Trinajstić information content (AvgIpc) is 2.99. The second-order valence-electron chi connectivity index (χ2n) is 9.28. The number of hydrazone groups is 1. The minimum absolute atomic E-state index is 0.0142. The monoisotopic (exact) mass is 617 g/mol. The SMILES string of the molecule is O=C(CN(c1cc(Cl)cc(Cl)c1)S(=O)(=O)c1ccccc1)N/N=C/c1ccc(OCc2ccc3ccccc3c2)cc1. The molecule has 10 heteroatoms. The van der Waals surface area contributed by atoms with Crippen molar-refractivity contribution in [2.45, 2.75) is 11.5 Å². The van der Waals surface area contributed by atoms with Crippen molar-refractivity contribution in [3.05, 3.63) is 136 Å². The molecule has 0 aliphatic rings. The fourth-order valence-corrected chi connectivity index (χ4v) is 6.15. The summed E-state index contributed by atoms with van der Waals surface area (Å²) in [5.41, 5.74) is 4.31. The first-order valence-electron chi connectivity index (χ1n) is 12.8. The van der Waals surface area contributed by atoms with E-state index in [0.29, 0.717) is 17.9 Å². The number of carbonyl (C=O) groups excluding carboxylic acids is 1. The Kier molecular flexibility index (Phi) is 9.07. The lowest BCUT2D eigenvalue weighted by Crippen LogP contribution is -2.39. The summed E-state index contributed by atoms with van der Waals surface area (Å²) in [6.07, 6.45) is 1.46. The number of rotatable bonds is 10. The summed E-state index contributed by atoms with van der Waals surface area (Å²) in [5, 5.41) is 6.79. The second kappa shape index (κ2) is 13.1. The summed E-state index contributed by atoms with van der Waals surface area (Å²) in [7, 11) is -4.11. The first kappa shape index (κ1) is 29.1. The number of hydrogen-bond donors (Lipinski definition) is 1. The molecule has 212 valence electrons. The summed E-state index contributed by atoms with van der Waals surface area (Å²) in [6, 6.07) is 33.7. The summed E-state index contributed by atoms with van der Waals surface area (Å²) in [6.45, 7) is -0.124. The van der Waals surface area contributed by atoms with Gasteiger partial charge in [-0.1, -0.05) is 77.8 Å². The van der Waals surface area contributed by atoms with E-state index in [1.165, 1.54) is 41.9 Å². The van der Waals surface area contributed by atoms with Crippen molar-refractivity contribution in [2.24, 2.45) is 5.10 Å². The summed E-state index contributed by atoms with van der Waals surface area (Å²) >= 11 is 12.2. The zero-order chi connectivity index (χ0) is 29.5. The molecule has 0 spiro atoms. The maximum atomic E-state index is 13.4. The van der Waals surface area contributed by atoms with Crippen LogP contribution in [0.15, 0.2) is 125 Å². The summed E-state index contributed by atoms with van der Waals surface area (Å²) in [5.74, 6) is 0.0310. The summed E-state index contributed by atoms with van der Waals surface area (Å²) in [4.78, 5) is 12.8. The molecule has 0 bridgehead atoms.